The molecule has 0 bridgehead atoms. The summed E-state index contributed by atoms with van der Waals surface area (Å²) in [4.78, 5) is 4.54. The van der Waals surface area contributed by atoms with E-state index in [-0.39, 0.29) is 0 Å². The van der Waals surface area contributed by atoms with Gasteiger partial charge in [0.2, 0.25) is 0 Å². The fourth-order valence-electron chi connectivity index (χ4n) is 1.25. The SMILES string of the molecule is c1ccc(N=C2[NH2+]CCCS2)cc1. The zero-order chi connectivity index (χ0) is 8.93. The molecule has 0 spiro atoms. The number of aliphatic imine (C=N–C) groups is 1. The molecule has 2 rings (SSSR count). The smallest absolute Gasteiger partial charge is 0.260 e. The Labute approximate surface area is 82.5 Å². The second kappa shape index (κ2) is 4.44. The van der Waals surface area contributed by atoms with Crippen molar-refractivity contribution in [3.8, 4) is 0 Å². The van der Waals surface area contributed by atoms with Gasteiger partial charge in [-0.1, -0.05) is 18.2 Å². The number of quaternary nitrogens is 1. The van der Waals surface area contributed by atoms with Gasteiger partial charge in [0.1, 0.15) is 0 Å². The zero-order valence-electron chi connectivity index (χ0n) is 7.44. The van der Waals surface area contributed by atoms with Crippen LogP contribution < -0.4 is 5.32 Å². The Morgan fingerprint density at radius 1 is 1.23 bits per heavy atom. The third kappa shape index (κ3) is 2.57. The molecule has 1 fully saturated rings. The van der Waals surface area contributed by atoms with E-state index in [1.54, 1.807) is 0 Å². The van der Waals surface area contributed by atoms with Crippen LogP contribution in [0.15, 0.2) is 35.3 Å². The molecule has 0 atom stereocenters. The Bertz CT molecular complexity index is 287. The van der Waals surface area contributed by atoms with Gasteiger partial charge < -0.3 is 0 Å². The Morgan fingerprint density at radius 2 is 2.08 bits per heavy atom. The number of thioether (sulfide) groups is 1. The number of hydrogen-bond donors (Lipinski definition) is 1. The fraction of sp³-hybridized carbons (Fsp3) is 0.300. The first kappa shape index (κ1) is 8.78. The molecule has 0 amide bonds. The molecule has 0 aliphatic carbocycles. The Balaban J connectivity index is 2.10. The normalized spacial score (nSPS) is 20.5. The van der Waals surface area contributed by atoms with Crippen molar-refractivity contribution in [1.82, 2.24) is 0 Å². The van der Waals surface area contributed by atoms with Crippen LogP contribution in [0, 0.1) is 0 Å². The van der Waals surface area contributed by atoms with Crippen LogP contribution in [0.25, 0.3) is 0 Å². The number of hydrogen-bond acceptors (Lipinski definition) is 2. The van der Waals surface area contributed by atoms with Crippen molar-refractivity contribution in [1.29, 1.82) is 0 Å². The Morgan fingerprint density at radius 3 is 2.77 bits per heavy atom. The second-order valence-corrected chi connectivity index (χ2v) is 4.10. The molecule has 3 heteroatoms. The lowest BCUT2D eigenvalue weighted by Gasteiger charge is -2.08. The van der Waals surface area contributed by atoms with Gasteiger partial charge in [-0.15, -0.1) is 0 Å². The van der Waals surface area contributed by atoms with Gasteiger partial charge in [-0.25, -0.2) is 0 Å². The van der Waals surface area contributed by atoms with Crippen LogP contribution in [0.1, 0.15) is 6.42 Å². The van der Waals surface area contributed by atoms with Crippen molar-refractivity contribution in [2.75, 3.05) is 12.3 Å². The molecule has 1 saturated heterocycles. The molecule has 1 aromatic carbocycles. The van der Waals surface area contributed by atoms with Crippen molar-refractivity contribution in [2.24, 2.45) is 4.99 Å². The number of rotatable bonds is 1. The van der Waals surface area contributed by atoms with Crippen molar-refractivity contribution >= 4 is 22.6 Å². The van der Waals surface area contributed by atoms with Gasteiger partial charge in [0.25, 0.3) is 5.17 Å². The minimum Gasteiger partial charge on any atom is -0.291 e. The van der Waals surface area contributed by atoms with E-state index in [0.29, 0.717) is 0 Å². The van der Waals surface area contributed by atoms with E-state index in [9.17, 15) is 0 Å². The maximum absolute atomic E-state index is 4.54. The first-order chi connectivity index (χ1) is 6.45. The highest BCUT2D eigenvalue weighted by Gasteiger charge is 2.10. The largest absolute Gasteiger partial charge is 0.291 e. The quantitative estimate of drug-likeness (QED) is 0.717. The van der Waals surface area contributed by atoms with Crippen molar-refractivity contribution in [3.05, 3.63) is 30.3 Å². The summed E-state index contributed by atoms with van der Waals surface area (Å²) in [6.07, 6.45) is 1.29. The average molecular weight is 193 g/mol. The van der Waals surface area contributed by atoms with Gasteiger partial charge in [-0.2, -0.15) is 4.99 Å². The number of nitrogens with zero attached hydrogens (tertiary/aromatic N) is 1. The summed E-state index contributed by atoms with van der Waals surface area (Å²) in [5, 5.41) is 3.40. The molecule has 1 aliphatic rings. The molecule has 0 aromatic heterocycles. The third-order valence-corrected chi connectivity index (χ3v) is 2.96. The highest BCUT2D eigenvalue weighted by atomic mass is 32.2. The number of benzene rings is 1. The fourth-order valence-corrected chi connectivity index (χ4v) is 2.18. The summed E-state index contributed by atoms with van der Waals surface area (Å²) in [6, 6.07) is 10.1. The number of para-hydroxylation sites is 1. The van der Waals surface area contributed by atoms with Gasteiger partial charge in [0, 0.05) is 12.2 Å². The summed E-state index contributed by atoms with van der Waals surface area (Å²) >= 11 is 1.85. The van der Waals surface area contributed by atoms with Crippen LogP contribution in [0.2, 0.25) is 0 Å². The van der Waals surface area contributed by atoms with Crippen LogP contribution in [-0.2, 0) is 0 Å². The lowest BCUT2D eigenvalue weighted by atomic mass is 10.3. The summed E-state index contributed by atoms with van der Waals surface area (Å²) in [5.41, 5.74) is 1.06. The molecule has 1 heterocycles. The molecule has 0 unspecified atom stereocenters. The highest BCUT2D eigenvalue weighted by Crippen LogP contribution is 2.13. The topological polar surface area (TPSA) is 29.0 Å². The standard InChI is InChI=1S/C10H12N2S/c1-2-5-9(6-3-1)12-10-11-7-4-8-13-10/h1-3,5-6H,4,7-8H2,(H,11,12)/p+1. The Hall–Kier alpha value is -0.800. The van der Waals surface area contributed by atoms with Crippen LogP contribution in [0.3, 0.4) is 0 Å². The van der Waals surface area contributed by atoms with Crippen LogP contribution in [0.5, 0.6) is 0 Å². The van der Waals surface area contributed by atoms with Crippen molar-refractivity contribution in [2.45, 2.75) is 6.42 Å². The summed E-state index contributed by atoms with van der Waals surface area (Å²) < 4.78 is 0. The number of nitrogens with two attached hydrogens (primary N) is 1. The lowest BCUT2D eigenvalue weighted by Crippen LogP contribution is -2.88. The summed E-state index contributed by atoms with van der Waals surface area (Å²) in [5.74, 6) is 1.21. The average Bonchev–Trinajstić information content (AvgIpc) is 2.21. The van der Waals surface area contributed by atoms with Gasteiger partial charge in [0.05, 0.1) is 12.2 Å². The third-order valence-electron chi connectivity index (χ3n) is 1.91. The molecule has 2 nitrogen and oxygen atoms in total. The molecular weight excluding hydrogens is 180 g/mol. The molecule has 13 heavy (non-hydrogen) atoms. The molecule has 1 aliphatic heterocycles. The predicted octanol–water partition coefficient (Wildman–Crippen LogP) is 1.37. The van der Waals surface area contributed by atoms with E-state index in [1.807, 2.05) is 42.1 Å². The molecule has 0 saturated carbocycles. The van der Waals surface area contributed by atoms with E-state index < -0.39 is 0 Å². The maximum Gasteiger partial charge on any atom is 0.260 e. The monoisotopic (exact) mass is 193 g/mol. The highest BCUT2D eigenvalue weighted by molar-refractivity contribution is 8.13. The minimum absolute atomic E-state index is 1.06. The zero-order valence-corrected chi connectivity index (χ0v) is 8.26. The summed E-state index contributed by atoms with van der Waals surface area (Å²) in [6.45, 7) is 1.18. The van der Waals surface area contributed by atoms with Crippen LogP contribution in [-0.4, -0.2) is 17.5 Å². The molecular formula is C10H13N2S+. The van der Waals surface area contributed by atoms with Gasteiger partial charge in [-0.3, -0.25) is 5.32 Å². The second-order valence-electron chi connectivity index (χ2n) is 2.98. The number of amidine groups is 1. The van der Waals surface area contributed by atoms with Gasteiger partial charge in [-0.05, 0) is 23.9 Å². The molecule has 68 valence electrons. The van der Waals surface area contributed by atoms with E-state index in [1.165, 1.54) is 23.9 Å². The van der Waals surface area contributed by atoms with E-state index >= 15 is 0 Å². The molecule has 0 radical (unpaired) electrons. The lowest BCUT2D eigenvalue weighted by molar-refractivity contribution is -0.535. The van der Waals surface area contributed by atoms with E-state index in [2.05, 4.69) is 10.3 Å². The first-order valence-corrected chi connectivity index (χ1v) is 5.53. The van der Waals surface area contributed by atoms with Crippen LogP contribution >= 0.6 is 11.8 Å². The Kier molecular flexibility index (Phi) is 3.00. The summed E-state index contributed by atoms with van der Waals surface area (Å²) in [7, 11) is 0. The van der Waals surface area contributed by atoms with Crippen molar-refractivity contribution in [3.63, 3.8) is 0 Å². The van der Waals surface area contributed by atoms with Gasteiger partial charge >= 0.3 is 0 Å². The maximum atomic E-state index is 4.54. The predicted molar refractivity (Wildman–Crippen MR) is 57.4 cm³/mol. The van der Waals surface area contributed by atoms with Crippen LogP contribution in [0.4, 0.5) is 5.69 Å². The molecule has 2 N–H and O–H groups in total. The van der Waals surface area contributed by atoms with E-state index in [0.717, 1.165) is 5.69 Å². The van der Waals surface area contributed by atoms with Crippen molar-refractivity contribution < 1.29 is 5.32 Å². The van der Waals surface area contributed by atoms with E-state index in [4.69, 9.17) is 0 Å². The first-order valence-electron chi connectivity index (χ1n) is 4.55. The molecule has 1 aromatic rings. The minimum atomic E-state index is 1.06. The van der Waals surface area contributed by atoms with Gasteiger partial charge in [0.15, 0.2) is 0 Å².